The minimum absolute atomic E-state index is 0. The Labute approximate surface area is 177 Å². The molecule has 0 bridgehead atoms. The van der Waals surface area contributed by atoms with Gasteiger partial charge in [0.25, 0.3) is 0 Å². The van der Waals surface area contributed by atoms with Crippen molar-refractivity contribution in [3.8, 4) is 0 Å². The summed E-state index contributed by atoms with van der Waals surface area (Å²) in [5.74, 6) is 1.20. The fraction of sp³-hybridized carbons (Fsp3) is 0.722. The summed E-state index contributed by atoms with van der Waals surface area (Å²) >= 11 is 1.68. The topological polar surface area (TPSA) is 78.4 Å². The molecule has 0 saturated heterocycles. The third-order valence-corrected chi connectivity index (χ3v) is 5.59. The van der Waals surface area contributed by atoms with Gasteiger partial charge in [-0.05, 0) is 46.0 Å². The highest BCUT2D eigenvalue weighted by Crippen LogP contribution is 2.26. The van der Waals surface area contributed by atoms with Gasteiger partial charge in [-0.15, -0.1) is 35.3 Å². The number of halogens is 1. The fourth-order valence-electron chi connectivity index (χ4n) is 3.24. The van der Waals surface area contributed by atoms with Crippen LogP contribution in [0.5, 0.6) is 0 Å². The number of nitrogens with one attached hydrogen (secondary N) is 3. The highest BCUT2D eigenvalue weighted by Gasteiger charge is 2.31. The monoisotopic (exact) mass is 491 g/mol. The van der Waals surface area contributed by atoms with Gasteiger partial charge in [0.2, 0.25) is 5.91 Å². The van der Waals surface area contributed by atoms with Gasteiger partial charge in [-0.25, -0.2) is 9.98 Å². The molecule has 2 atom stereocenters. The van der Waals surface area contributed by atoms with E-state index in [1.807, 2.05) is 6.20 Å². The molecule has 0 radical (unpaired) electrons. The molecule has 0 aliphatic heterocycles. The van der Waals surface area contributed by atoms with Gasteiger partial charge in [-0.3, -0.25) is 4.79 Å². The second kappa shape index (κ2) is 10.4. The van der Waals surface area contributed by atoms with Crippen molar-refractivity contribution in [3.63, 3.8) is 0 Å². The van der Waals surface area contributed by atoms with E-state index in [4.69, 9.17) is 0 Å². The van der Waals surface area contributed by atoms with E-state index < -0.39 is 0 Å². The van der Waals surface area contributed by atoms with Crippen molar-refractivity contribution in [1.29, 1.82) is 0 Å². The van der Waals surface area contributed by atoms with E-state index in [2.05, 4.69) is 39.8 Å². The summed E-state index contributed by atoms with van der Waals surface area (Å²) < 4.78 is 0. The third kappa shape index (κ3) is 6.68. The smallest absolute Gasteiger partial charge is 0.223 e. The van der Waals surface area contributed by atoms with Gasteiger partial charge in [0.1, 0.15) is 5.01 Å². The highest BCUT2D eigenvalue weighted by atomic mass is 127. The molecule has 2 fully saturated rings. The Morgan fingerprint density at radius 2 is 2.08 bits per heavy atom. The van der Waals surface area contributed by atoms with E-state index in [1.54, 1.807) is 11.3 Å². The van der Waals surface area contributed by atoms with Gasteiger partial charge in [0.15, 0.2) is 5.96 Å². The summed E-state index contributed by atoms with van der Waals surface area (Å²) in [6, 6.07) is 0.751. The van der Waals surface area contributed by atoms with E-state index >= 15 is 0 Å². The Morgan fingerprint density at radius 3 is 2.73 bits per heavy atom. The van der Waals surface area contributed by atoms with E-state index in [0.717, 1.165) is 56.0 Å². The summed E-state index contributed by atoms with van der Waals surface area (Å²) in [5.41, 5.74) is 0. The van der Waals surface area contributed by atoms with Crippen LogP contribution in [0.25, 0.3) is 0 Å². The molecule has 3 N–H and O–H groups in total. The number of aliphatic imine (C=N–C) groups is 1. The molecule has 26 heavy (non-hydrogen) atoms. The van der Waals surface area contributed by atoms with Gasteiger partial charge < -0.3 is 16.0 Å². The van der Waals surface area contributed by atoms with Crippen LogP contribution in [-0.2, 0) is 11.3 Å². The van der Waals surface area contributed by atoms with E-state index in [0.29, 0.717) is 18.6 Å². The zero-order valence-electron chi connectivity index (χ0n) is 15.6. The van der Waals surface area contributed by atoms with Crippen LogP contribution in [0.1, 0.15) is 55.3 Å². The van der Waals surface area contributed by atoms with Crippen LogP contribution >= 0.6 is 35.3 Å². The maximum atomic E-state index is 12.3. The zero-order valence-corrected chi connectivity index (χ0v) is 18.7. The van der Waals surface area contributed by atoms with Crippen molar-refractivity contribution in [1.82, 2.24) is 20.9 Å². The normalized spacial score (nSPS) is 23.1. The number of aromatic nitrogens is 1. The first-order valence-electron chi connectivity index (χ1n) is 9.40. The van der Waals surface area contributed by atoms with Gasteiger partial charge in [-0.2, -0.15) is 0 Å². The summed E-state index contributed by atoms with van der Waals surface area (Å²) in [6.07, 6.45) is 8.25. The first kappa shape index (κ1) is 21.4. The lowest BCUT2D eigenvalue weighted by Gasteiger charge is -2.30. The Balaban J connectivity index is 0.00000243. The molecule has 146 valence electrons. The van der Waals surface area contributed by atoms with Crippen molar-refractivity contribution < 1.29 is 4.79 Å². The van der Waals surface area contributed by atoms with Crippen LogP contribution in [0, 0.1) is 12.8 Å². The van der Waals surface area contributed by atoms with Crippen molar-refractivity contribution >= 4 is 47.2 Å². The lowest BCUT2D eigenvalue weighted by molar-refractivity contribution is -0.126. The molecular formula is C18H30IN5OS. The molecule has 6 nitrogen and oxygen atoms in total. The van der Waals surface area contributed by atoms with Crippen molar-refractivity contribution in [2.45, 2.75) is 71.0 Å². The number of carbonyl (C=O) groups excluding carboxylic acids is 1. The number of amides is 1. The van der Waals surface area contributed by atoms with E-state index in [1.165, 1.54) is 4.88 Å². The predicted octanol–water partition coefficient (Wildman–Crippen LogP) is 2.96. The predicted molar refractivity (Wildman–Crippen MR) is 117 cm³/mol. The van der Waals surface area contributed by atoms with Crippen LogP contribution in [0.3, 0.4) is 0 Å². The lowest BCUT2D eigenvalue weighted by Crippen LogP contribution is -2.47. The number of hydrogen-bond donors (Lipinski definition) is 3. The van der Waals surface area contributed by atoms with Crippen molar-refractivity contribution in [2.75, 3.05) is 6.54 Å². The van der Waals surface area contributed by atoms with Gasteiger partial charge in [-0.1, -0.05) is 6.42 Å². The summed E-state index contributed by atoms with van der Waals surface area (Å²) in [4.78, 5) is 22.6. The third-order valence-electron chi connectivity index (χ3n) is 4.70. The quantitative estimate of drug-likeness (QED) is 0.325. The fourth-order valence-corrected chi connectivity index (χ4v) is 3.95. The molecule has 8 heteroatoms. The highest BCUT2D eigenvalue weighted by molar-refractivity contribution is 14.0. The number of guanidine groups is 1. The van der Waals surface area contributed by atoms with E-state index in [9.17, 15) is 4.79 Å². The SMILES string of the molecule is CCNC(=NCc1ncc(C)s1)NC1CCCC(C(=O)NC2CC2)C1.I. The Bertz CT molecular complexity index is 616. The second-order valence-electron chi connectivity index (χ2n) is 7.05. The first-order chi connectivity index (χ1) is 12.1. The molecule has 2 saturated carbocycles. The Morgan fingerprint density at radius 1 is 1.27 bits per heavy atom. The summed E-state index contributed by atoms with van der Waals surface area (Å²) in [7, 11) is 0. The molecule has 2 aliphatic rings. The molecule has 1 amide bonds. The summed E-state index contributed by atoms with van der Waals surface area (Å²) in [6.45, 7) is 5.54. The number of thiazole rings is 1. The average molecular weight is 491 g/mol. The van der Waals surface area contributed by atoms with E-state index in [-0.39, 0.29) is 35.8 Å². The maximum absolute atomic E-state index is 12.3. The average Bonchev–Trinajstić information content (AvgIpc) is 3.32. The van der Waals surface area contributed by atoms with Crippen molar-refractivity contribution in [2.24, 2.45) is 10.9 Å². The second-order valence-corrected chi connectivity index (χ2v) is 8.37. The Hall–Kier alpha value is -0.900. The van der Waals surface area contributed by atoms with Crippen LogP contribution in [0.4, 0.5) is 0 Å². The lowest BCUT2D eigenvalue weighted by atomic mass is 9.85. The minimum Gasteiger partial charge on any atom is -0.357 e. The molecular weight excluding hydrogens is 461 g/mol. The number of carbonyl (C=O) groups is 1. The minimum atomic E-state index is 0. The van der Waals surface area contributed by atoms with Crippen LogP contribution in [-0.4, -0.2) is 35.5 Å². The molecule has 2 aliphatic carbocycles. The number of hydrogen-bond acceptors (Lipinski definition) is 4. The van der Waals surface area contributed by atoms with Crippen LogP contribution in [0.15, 0.2) is 11.2 Å². The molecule has 2 unspecified atom stereocenters. The molecule has 1 aromatic heterocycles. The number of aryl methyl sites for hydroxylation is 1. The molecule has 0 aromatic carbocycles. The number of rotatable bonds is 6. The van der Waals surface area contributed by atoms with Gasteiger partial charge in [0.05, 0.1) is 6.54 Å². The molecule has 1 aromatic rings. The standard InChI is InChI=1S/C18H29N5OS.HI/c1-3-19-18(21-11-16-20-10-12(2)25-16)23-15-6-4-5-13(9-15)17(24)22-14-7-8-14;/h10,13-15H,3-9,11H2,1-2H3,(H,22,24)(H2,19,21,23);1H. The van der Waals surface area contributed by atoms with Crippen LogP contribution in [0.2, 0.25) is 0 Å². The molecule has 3 rings (SSSR count). The molecule has 1 heterocycles. The van der Waals surface area contributed by atoms with Crippen LogP contribution < -0.4 is 16.0 Å². The van der Waals surface area contributed by atoms with Gasteiger partial charge in [0, 0.05) is 35.6 Å². The largest absolute Gasteiger partial charge is 0.357 e. The maximum Gasteiger partial charge on any atom is 0.223 e. The summed E-state index contributed by atoms with van der Waals surface area (Å²) in [5, 5.41) is 11.0. The number of nitrogens with zero attached hydrogens (tertiary/aromatic N) is 2. The van der Waals surface area contributed by atoms with Crippen molar-refractivity contribution in [3.05, 3.63) is 16.1 Å². The first-order valence-corrected chi connectivity index (χ1v) is 10.2. The molecule has 0 spiro atoms. The Kier molecular flexibility index (Phi) is 8.59. The zero-order chi connectivity index (χ0) is 17.6. The van der Waals surface area contributed by atoms with Gasteiger partial charge >= 0.3 is 0 Å².